The van der Waals surface area contributed by atoms with Gasteiger partial charge < -0.3 is 4.74 Å². The van der Waals surface area contributed by atoms with E-state index in [-0.39, 0.29) is 11.2 Å². The third kappa shape index (κ3) is 2.93. The van der Waals surface area contributed by atoms with Crippen LogP contribution in [-0.2, 0) is 11.2 Å². The number of benzene rings is 1. The van der Waals surface area contributed by atoms with Gasteiger partial charge in [-0.15, -0.1) is 11.6 Å². The summed E-state index contributed by atoms with van der Waals surface area (Å²) >= 11 is 6.27. The molecule has 3 heteroatoms. The van der Waals surface area contributed by atoms with Crippen molar-refractivity contribution in [3.05, 3.63) is 35.6 Å². The summed E-state index contributed by atoms with van der Waals surface area (Å²) in [6, 6.07) is 6.63. The molecular formula is C12H14ClFO. The van der Waals surface area contributed by atoms with E-state index < -0.39 is 0 Å². The molecule has 2 rings (SSSR count). The lowest BCUT2D eigenvalue weighted by Crippen LogP contribution is -2.17. The van der Waals surface area contributed by atoms with Crippen LogP contribution in [0.25, 0.3) is 0 Å². The number of hydrogen-bond acceptors (Lipinski definition) is 1. The Labute approximate surface area is 94.2 Å². The summed E-state index contributed by atoms with van der Waals surface area (Å²) in [5.41, 5.74) is 0.960. The molecule has 1 aliphatic heterocycles. The lowest BCUT2D eigenvalue weighted by Gasteiger charge is -2.15. The maximum Gasteiger partial charge on any atom is 0.123 e. The van der Waals surface area contributed by atoms with Crippen molar-refractivity contribution in [3.63, 3.8) is 0 Å². The van der Waals surface area contributed by atoms with Crippen LogP contribution in [0.1, 0.15) is 12.0 Å². The fourth-order valence-electron chi connectivity index (χ4n) is 1.89. The van der Waals surface area contributed by atoms with Gasteiger partial charge in [-0.25, -0.2) is 4.39 Å². The molecule has 2 unspecified atom stereocenters. The van der Waals surface area contributed by atoms with Crippen LogP contribution < -0.4 is 0 Å². The molecule has 1 saturated heterocycles. The largest absolute Gasteiger partial charge is 0.381 e. The van der Waals surface area contributed by atoms with Gasteiger partial charge in [0.15, 0.2) is 0 Å². The maximum atomic E-state index is 12.9. The van der Waals surface area contributed by atoms with Gasteiger partial charge in [0.25, 0.3) is 0 Å². The first-order valence-electron chi connectivity index (χ1n) is 5.22. The molecule has 0 N–H and O–H groups in total. The van der Waals surface area contributed by atoms with Crippen LogP contribution in [0.3, 0.4) is 0 Å². The minimum Gasteiger partial charge on any atom is -0.381 e. The number of alkyl halides is 1. The number of hydrogen-bond donors (Lipinski definition) is 0. The molecule has 1 nitrogen and oxygen atoms in total. The van der Waals surface area contributed by atoms with E-state index in [0.29, 0.717) is 12.3 Å². The molecule has 0 amide bonds. The molecule has 0 spiro atoms. The molecule has 0 radical (unpaired) electrons. The van der Waals surface area contributed by atoms with Gasteiger partial charge in [0.05, 0.1) is 6.61 Å². The van der Waals surface area contributed by atoms with Gasteiger partial charge in [0, 0.05) is 17.9 Å². The van der Waals surface area contributed by atoms with Crippen LogP contribution >= 0.6 is 11.6 Å². The summed E-state index contributed by atoms with van der Waals surface area (Å²) in [5.74, 6) is 0.217. The van der Waals surface area contributed by atoms with E-state index in [9.17, 15) is 4.39 Å². The van der Waals surface area contributed by atoms with Crippen molar-refractivity contribution in [3.8, 4) is 0 Å². The number of halogens is 2. The molecular weight excluding hydrogens is 215 g/mol. The first kappa shape index (κ1) is 10.9. The van der Waals surface area contributed by atoms with E-state index in [1.54, 1.807) is 12.1 Å². The summed E-state index contributed by atoms with van der Waals surface area (Å²) in [6.45, 7) is 1.54. The lowest BCUT2D eigenvalue weighted by molar-refractivity contribution is 0.185. The smallest absolute Gasteiger partial charge is 0.123 e. The molecule has 1 heterocycles. The third-order valence-electron chi connectivity index (χ3n) is 2.80. The molecule has 2 atom stereocenters. The molecule has 1 aromatic rings. The average molecular weight is 229 g/mol. The van der Waals surface area contributed by atoms with Crippen LogP contribution in [-0.4, -0.2) is 18.6 Å². The average Bonchev–Trinajstić information content (AvgIpc) is 2.70. The quantitative estimate of drug-likeness (QED) is 0.723. The van der Waals surface area contributed by atoms with E-state index in [4.69, 9.17) is 16.3 Å². The minimum atomic E-state index is -0.195. The molecule has 0 aromatic heterocycles. The molecule has 0 saturated carbocycles. The van der Waals surface area contributed by atoms with Crippen LogP contribution in [0.15, 0.2) is 24.3 Å². The summed E-state index contributed by atoms with van der Waals surface area (Å²) in [5, 5.41) is 0.0503. The predicted octanol–water partition coefficient (Wildman–Crippen LogP) is 3.01. The second kappa shape index (κ2) is 4.95. The molecule has 0 bridgehead atoms. The van der Waals surface area contributed by atoms with Gasteiger partial charge >= 0.3 is 0 Å². The van der Waals surface area contributed by atoms with E-state index in [1.165, 1.54) is 6.07 Å². The molecule has 1 aliphatic rings. The molecule has 1 fully saturated rings. The van der Waals surface area contributed by atoms with Crippen LogP contribution in [0.4, 0.5) is 4.39 Å². The topological polar surface area (TPSA) is 9.23 Å². The Bertz CT molecular complexity index is 323. The second-order valence-electron chi connectivity index (χ2n) is 3.97. The van der Waals surface area contributed by atoms with E-state index >= 15 is 0 Å². The van der Waals surface area contributed by atoms with E-state index in [1.807, 2.05) is 6.07 Å². The Hall–Kier alpha value is -0.600. The van der Waals surface area contributed by atoms with Gasteiger partial charge in [-0.3, -0.25) is 0 Å². The van der Waals surface area contributed by atoms with Crippen LogP contribution in [0, 0.1) is 11.7 Å². The Kier molecular flexibility index (Phi) is 3.60. The van der Waals surface area contributed by atoms with Crippen LogP contribution in [0.5, 0.6) is 0 Å². The second-order valence-corrected chi connectivity index (χ2v) is 4.53. The van der Waals surface area contributed by atoms with Crippen molar-refractivity contribution in [2.75, 3.05) is 13.2 Å². The highest BCUT2D eigenvalue weighted by Gasteiger charge is 2.24. The normalized spacial score (nSPS) is 22.9. The van der Waals surface area contributed by atoms with Crippen molar-refractivity contribution >= 4 is 11.6 Å². The van der Waals surface area contributed by atoms with Crippen molar-refractivity contribution in [2.24, 2.45) is 5.92 Å². The number of rotatable bonds is 3. The Morgan fingerprint density at radius 1 is 1.53 bits per heavy atom. The van der Waals surface area contributed by atoms with Gasteiger partial charge in [-0.2, -0.15) is 0 Å². The molecule has 82 valence electrons. The van der Waals surface area contributed by atoms with E-state index in [0.717, 1.165) is 25.2 Å². The predicted molar refractivity (Wildman–Crippen MR) is 58.7 cm³/mol. The monoisotopic (exact) mass is 228 g/mol. The highest BCUT2D eigenvalue weighted by Crippen LogP contribution is 2.24. The summed E-state index contributed by atoms with van der Waals surface area (Å²) < 4.78 is 18.2. The Morgan fingerprint density at radius 2 is 2.40 bits per heavy atom. The minimum absolute atomic E-state index is 0.0503. The zero-order chi connectivity index (χ0) is 10.7. The highest BCUT2D eigenvalue weighted by atomic mass is 35.5. The van der Waals surface area contributed by atoms with E-state index in [2.05, 4.69) is 0 Å². The molecule has 0 aliphatic carbocycles. The van der Waals surface area contributed by atoms with Gasteiger partial charge in [-0.1, -0.05) is 12.1 Å². The molecule has 15 heavy (non-hydrogen) atoms. The van der Waals surface area contributed by atoms with Crippen molar-refractivity contribution in [2.45, 2.75) is 18.2 Å². The summed E-state index contributed by atoms with van der Waals surface area (Å²) in [4.78, 5) is 0. The first-order valence-corrected chi connectivity index (χ1v) is 5.65. The SMILES string of the molecule is Fc1cccc(CC(Cl)C2CCOC2)c1. The fraction of sp³-hybridized carbons (Fsp3) is 0.500. The Balaban J connectivity index is 1.95. The summed E-state index contributed by atoms with van der Waals surface area (Å²) in [7, 11) is 0. The van der Waals surface area contributed by atoms with Crippen molar-refractivity contribution in [1.82, 2.24) is 0 Å². The van der Waals surface area contributed by atoms with Crippen molar-refractivity contribution < 1.29 is 9.13 Å². The standard InChI is InChI=1S/C12H14ClFO/c13-12(10-4-5-15-8-10)7-9-2-1-3-11(14)6-9/h1-3,6,10,12H,4-5,7-8H2. The third-order valence-corrected chi connectivity index (χ3v) is 3.31. The lowest BCUT2D eigenvalue weighted by atomic mass is 9.98. The highest BCUT2D eigenvalue weighted by molar-refractivity contribution is 6.20. The first-order chi connectivity index (χ1) is 7.25. The van der Waals surface area contributed by atoms with Gasteiger partial charge in [-0.05, 0) is 30.5 Å². The zero-order valence-corrected chi connectivity index (χ0v) is 9.21. The van der Waals surface area contributed by atoms with Gasteiger partial charge in [0.2, 0.25) is 0 Å². The molecule has 1 aromatic carbocycles. The Morgan fingerprint density at radius 3 is 3.07 bits per heavy atom. The number of ether oxygens (including phenoxy) is 1. The fourth-order valence-corrected chi connectivity index (χ4v) is 2.27. The summed E-state index contributed by atoms with van der Waals surface area (Å²) in [6.07, 6.45) is 1.73. The van der Waals surface area contributed by atoms with Crippen LogP contribution in [0.2, 0.25) is 0 Å². The van der Waals surface area contributed by atoms with Gasteiger partial charge in [0.1, 0.15) is 5.82 Å². The zero-order valence-electron chi connectivity index (χ0n) is 8.46. The maximum absolute atomic E-state index is 12.9. The van der Waals surface area contributed by atoms with Crippen molar-refractivity contribution in [1.29, 1.82) is 0 Å².